The largest absolute Gasteiger partial charge is 0.480 e. The van der Waals surface area contributed by atoms with E-state index in [4.69, 9.17) is 15.6 Å². The quantitative estimate of drug-likeness (QED) is 0.547. The molecular formula is C11H21NO4. The zero-order valence-electron chi connectivity index (χ0n) is 10.4. The molecule has 0 bridgehead atoms. The molecule has 0 amide bonds. The minimum atomic E-state index is -1.51. The van der Waals surface area contributed by atoms with E-state index in [2.05, 4.69) is 0 Å². The van der Waals surface area contributed by atoms with Crippen LogP contribution in [-0.4, -0.2) is 29.2 Å². The molecule has 0 saturated carbocycles. The third kappa shape index (κ3) is 3.48. The van der Waals surface area contributed by atoms with Crippen molar-refractivity contribution in [3.63, 3.8) is 0 Å². The number of carboxylic acids is 1. The highest BCUT2D eigenvalue weighted by Gasteiger charge is 2.46. The van der Waals surface area contributed by atoms with Crippen LogP contribution in [0.3, 0.4) is 0 Å². The lowest BCUT2D eigenvalue weighted by atomic mass is 9.81. The van der Waals surface area contributed by atoms with Crippen molar-refractivity contribution in [2.75, 3.05) is 6.54 Å². The average Bonchev–Trinajstić information content (AvgIpc) is 2.10. The van der Waals surface area contributed by atoms with E-state index in [1.807, 2.05) is 0 Å². The second-order valence-electron chi connectivity index (χ2n) is 4.78. The Morgan fingerprint density at radius 1 is 1.31 bits per heavy atom. The van der Waals surface area contributed by atoms with Crippen LogP contribution in [-0.2, 0) is 14.3 Å². The maximum atomic E-state index is 11.9. The van der Waals surface area contributed by atoms with Gasteiger partial charge in [0.05, 0.1) is 0 Å². The van der Waals surface area contributed by atoms with Crippen molar-refractivity contribution < 1.29 is 19.4 Å². The number of aliphatic carboxylic acids is 1. The SMILES string of the molecule is CCC(CCN)(C(=O)O)C(=O)OC(C)(C)C. The van der Waals surface area contributed by atoms with Crippen LogP contribution in [0.15, 0.2) is 0 Å². The molecule has 3 N–H and O–H groups in total. The molecule has 0 rings (SSSR count). The predicted octanol–water partition coefficient (Wildman–Crippen LogP) is 1.16. The van der Waals surface area contributed by atoms with Crippen LogP contribution in [0, 0.1) is 5.41 Å². The third-order valence-electron chi connectivity index (χ3n) is 2.37. The predicted molar refractivity (Wildman–Crippen MR) is 59.9 cm³/mol. The van der Waals surface area contributed by atoms with E-state index in [0.717, 1.165) is 0 Å². The van der Waals surface area contributed by atoms with Gasteiger partial charge in [-0.3, -0.25) is 9.59 Å². The zero-order chi connectivity index (χ0) is 13.0. The first-order chi connectivity index (χ1) is 7.19. The minimum Gasteiger partial charge on any atom is -0.480 e. The Morgan fingerprint density at radius 2 is 1.81 bits per heavy atom. The van der Waals surface area contributed by atoms with Gasteiger partial charge in [-0.1, -0.05) is 6.92 Å². The van der Waals surface area contributed by atoms with Gasteiger partial charge in [0, 0.05) is 0 Å². The molecule has 1 unspecified atom stereocenters. The highest BCUT2D eigenvalue weighted by Crippen LogP contribution is 2.30. The van der Waals surface area contributed by atoms with Crippen LogP contribution in [0.2, 0.25) is 0 Å². The number of ether oxygens (including phenoxy) is 1. The maximum absolute atomic E-state index is 11.9. The van der Waals surface area contributed by atoms with E-state index in [-0.39, 0.29) is 19.4 Å². The molecule has 0 aliphatic carbocycles. The van der Waals surface area contributed by atoms with Crippen LogP contribution in [0.4, 0.5) is 0 Å². The summed E-state index contributed by atoms with van der Waals surface area (Å²) >= 11 is 0. The summed E-state index contributed by atoms with van der Waals surface area (Å²) < 4.78 is 5.13. The number of hydrogen-bond acceptors (Lipinski definition) is 4. The Balaban J connectivity index is 5.03. The number of hydrogen-bond donors (Lipinski definition) is 2. The first kappa shape index (κ1) is 14.9. The molecule has 0 aromatic rings. The van der Waals surface area contributed by atoms with E-state index in [1.165, 1.54) is 0 Å². The van der Waals surface area contributed by atoms with E-state index < -0.39 is 23.0 Å². The molecule has 0 aromatic carbocycles. The van der Waals surface area contributed by atoms with Gasteiger partial charge in [-0.2, -0.15) is 0 Å². The van der Waals surface area contributed by atoms with Crippen LogP contribution in [0.1, 0.15) is 40.5 Å². The normalized spacial score (nSPS) is 15.3. The van der Waals surface area contributed by atoms with Gasteiger partial charge >= 0.3 is 11.9 Å². The summed E-state index contributed by atoms with van der Waals surface area (Å²) in [5, 5.41) is 9.17. The highest BCUT2D eigenvalue weighted by molar-refractivity contribution is 5.99. The van der Waals surface area contributed by atoms with Gasteiger partial charge in [-0.15, -0.1) is 0 Å². The monoisotopic (exact) mass is 231 g/mol. The molecule has 0 aromatic heterocycles. The Morgan fingerprint density at radius 3 is 2.06 bits per heavy atom. The molecule has 1 atom stereocenters. The standard InChI is InChI=1S/C11H21NO4/c1-5-11(6-7-12,8(13)14)9(15)16-10(2,3)4/h5-7,12H2,1-4H3,(H,13,14). The van der Waals surface area contributed by atoms with Crippen molar-refractivity contribution in [2.24, 2.45) is 11.1 Å². The number of carboxylic acid groups (broad SMARTS) is 1. The summed E-state index contributed by atoms with van der Waals surface area (Å²) in [6.07, 6.45) is 0.266. The number of esters is 1. The lowest BCUT2D eigenvalue weighted by Crippen LogP contribution is -2.44. The summed E-state index contributed by atoms with van der Waals surface area (Å²) in [6, 6.07) is 0. The van der Waals surface area contributed by atoms with Crippen molar-refractivity contribution in [3.8, 4) is 0 Å². The van der Waals surface area contributed by atoms with Gasteiger partial charge in [0.2, 0.25) is 0 Å². The van der Waals surface area contributed by atoms with Gasteiger partial charge in [0.15, 0.2) is 5.41 Å². The van der Waals surface area contributed by atoms with E-state index in [9.17, 15) is 9.59 Å². The fraction of sp³-hybridized carbons (Fsp3) is 0.818. The van der Waals surface area contributed by atoms with Gasteiger partial charge in [-0.25, -0.2) is 0 Å². The zero-order valence-corrected chi connectivity index (χ0v) is 10.4. The number of carbonyl (C=O) groups is 2. The van der Waals surface area contributed by atoms with Crippen molar-refractivity contribution in [1.29, 1.82) is 0 Å². The number of rotatable bonds is 5. The smallest absolute Gasteiger partial charge is 0.324 e. The molecule has 94 valence electrons. The van der Waals surface area contributed by atoms with Crippen LogP contribution >= 0.6 is 0 Å². The third-order valence-corrected chi connectivity index (χ3v) is 2.37. The molecule has 0 aliphatic rings. The van der Waals surface area contributed by atoms with Crippen molar-refractivity contribution in [1.82, 2.24) is 0 Å². The van der Waals surface area contributed by atoms with Crippen LogP contribution < -0.4 is 5.73 Å². The Bertz CT molecular complexity index is 270. The Kier molecular flexibility index (Phi) is 4.93. The molecule has 16 heavy (non-hydrogen) atoms. The molecule has 5 nitrogen and oxygen atoms in total. The summed E-state index contributed by atoms with van der Waals surface area (Å²) in [6.45, 7) is 6.90. The first-order valence-electron chi connectivity index (χ1n) is 5.36. The van der Waals surface area contributed by atoms with Gasteiger partial charge in [0.1, 0.15) is 5.60 Å². The highest BCUT2D eigenvalue weighted by atomic mass is 16.6. The van der Waals surface area contributed by atoms with Crippen molar-refractivity contribution >= 4 is 11.9 Å². The minimum absolute atomic E-state index is 0.0910. The van der Waals surface area contributed by atoms with Crippen LogP contribution in [0.25, 0.3) is 0 Å². The molecule has 0 aliphatic heterocycles. The van der Waals surface area contributed by atoms with E-state index in [0.29, 0.717) is 0 Å². The lowest BCUT2D eigenvalue weighted by Gasteiger charge is -2.29. The van der Waals surface area contributed by atoms with Crippen molar-refractivity contribution in [2.45, 2.75) is 46.1 Å². The fourth-order valence-corrected chi connectivity index (χ4v) is 1.39. The van der Waals surface area contributed by atoms with Gasteiger partial charge < -0.3 is 15.6 Å². The second kappa shape index (κ2) is 5.30. The second-order valence-corrected chi connectivity index (χ2v) is 4.78. The van der Waals surface area contributed by atoms with Crippen LogP contribution in [0.5, 0.6) is 0 Å². The van der Waals surface area contributed by atoms with Gasteiger partial charge in [0.25, 0.3) is 0 Å². The number of carbonyl (C=O) groups excluding carboxylic acids is 1. The molecule has 5 heteroatoms. The summed E-state index contributed by atoms with van der Waals surface area (Å²) in [5.41, 5.74) is 3.15. The molecular weight excluding hydrogens is 210 g/mol. The van der Waals surface area contributed by atoms with E-state index in [1.54, 1.807) is 27.7 Å². The summed E-state index contributed by atoms with van der Waals surface area (Å²) in [7, 11) is 0. The lowest BCUT2D eigenvalue weighted by molar-refractivity contribution is -0.177. The van der Waals surface area contributed by atoms with Crippen molar-refractivity contribution in [3.05, 3.63) is 0 Å². The Hall–Kier alpha value is -1.10. The molecule has 0 heterocycles. The van der Waals surface area contributed by atoms with E-state index >= 15 is 0 Å². The molecule has 0 spiro atoms. The number of nitrogens with two attached hydrogens (primary N) is 1. The topological polar surface area (TPSA) is 89.6 Å². The van der Waals surface area contributed by atoms with Gasteiger partial charge in [-0.05, 0) is 40.2 Å². The molecule has 0 fully saturated rings. The average molecular weight is 231 g/mol. The fourth-order valence-electron chi connectivity index (χ4n) is 1.39. The summed E-state index contributed by atoms with van der Waals surface area (Å²) in [4.78, 5) is 23.1. The molecule has 0 saturated heterocycles. The molecule has 0 radical (unpaired) electrons. The first-order valence-corrected chi connectivity index (χ1v) is 5.36. The summed E-state index contributed by atoms with van der Waals surface area (Å²) in [5.74, 6) is -1.88. The maximum Gasteiger partial charge on any atom is 0.324 e. The Labute approximate surface area is 96.0 Å².